The Bertz CT molecular complexity index is 907. The maximum Gasteiger partial charge on any atom is 0.416 e. The van der Waals surface area contributed by atoms with E-state index >= 15 is 0 Å². The Labute approximate surface area is 191 Å². The van der Waals surface area contributed by atoms with Gasteiger partial charge in [-0.15, -0.1) is 12.4 Å². The highest BCUT2D eigenvalue weighted by Crippen LogP contribution is 2.35. The third kappa shape index (κ3) is 6.31. The van der Waals surface area contributed by atoms with Gasteiger partial charge < -0.3 is 15.0 Å². The number of nitrogens with one attached hydrogen (secondary N) is 2. The van der Waals surface area contributed by atoms with Gasteiger partial charge in [-0.25, -0.2) is 0 Å². The molecule has 1 saturated heterocycles. The van der Waals surface area contributed by atoms with Crippen LogP contribution in [0.25, 0.3) is 0 Å². The second-order valence-electron chi connectivity index (χ2n) is 6.24. The zero-order valence-electron chi connectivity index (χ0n) is 15.5. The third-order valence-corrected chi connectivity index (χ3v) is 4.99. The van der Waals surface area contributed by atoms with Crippen LogP contribution in [-0.4, -0.2) is 37.3 Å². The summed E-state index contributed by atoms with van der Waals surface area (Å²) < 4.78 is 45.6. The normalized spacial score (nSPS) is 13.9. The van der Waals surface area contributed by atoms with E-state index in [2.05, 4.69) is 26.6 Å². The molecule has 2 N–H and O–H groups in total. The van der Waals surface area contributed by atoms with Crippen LogP contribution in [-0.2, 0) is 10.9 Å². The Kier molecular flexibility index (Phi) is 8.48. The molecule has 1 aliphatic heterocycles. The number of halogens is 5. The number of carbonyl (C=O) groups is 1. The smallest absolute Gasteiger partial charge is 0.378 e. The molecule has 1 heterocycles. The number of hydrogen-bond acceptors (Lipinski definition) is 4. The molecule has 1 fully saturated rings. The van der Waals surface area contributed by atoms with Crippen molar-refractivity contribution in [3.05, 3.63) is 58.1 Å². The second kappa shape index (κ2) is 10.4. The number of benzene rings is 2. The summed E-state index contributed by atoms with van der Waals surface area (Å²) in [5, 5.41) is 5.14. The number of thiocarbonyl (C=S) groups is 1. The van der Waals surface area contributed by atoms with Gasteiger partial charge in [-0.2, -0.15) is 13.2 Å². The number of alkyl halides is 3. The molecule has 2 aromatic rings. The van der Waals surface area contributed by atoms with Crippen molar-refractivity contribution in [3.8, 4) is 0 Å². The Morgan fingerprint density at radius 3 is 2.33 bits per heavy atom. The first-order chi connectivity index (χ1) is 13.7. The van der Waals surface area contributed by atoms with Crippen molar-refractivity contribution < 1.29 is 22.7 Å². The molecule has 1 amide bonds. The van der Waals surface area contributed by atoms with E-state index in [-0.39, 0.29) is 23.2 Å². The summed E-state index contributed by atoms with van der Waals surface area (Å²) in [7, 11) is 0. The van der Waals surface area contributed by atoms with Gasteiger partial charge in [-0.1, -0.05) is 15.9 Å². The van der Waals surface area contributed by atoms with E-state index in [0.29, 0.717) is 37.6 Å². The van der Waals surface area contributed by atoms with Gasteiger partial charge in [0.15, 0.2) is 5.11 Å². The lowest BCUT2D eigenvalue weighted by Gasteiger charge is -2.31. The van der Waals surface area contributed by atoms with E-state index in [1.807, 2.05) is 4.90 Å². The van der Waals surface area contributed by atoms with E-state index < -0.39 is 17.6 Å². The summed E-state index contributed by atoms with van der Waals surface area (Å²) >= 11 is 8.44. The minimum absolute atomic E-state index is 0. The minimum atomic E-state index is -4.50. The summed E-state index contributed by atoms with van der Waals surface area (Å²) in [4.78, 5) is 14.2. The van der Waals surface area contributed by atoms with E-state index in [4.69, 9.17) is 17.0 Å². The fourth-order valence-corrected chi connectivity index (χ4v) is 3.29. The average molecular weight is 525 g/mol. The van der Waals surface area contributed by atoms with Crippen LogP contribution in [0.4, 0.5) is 24.5 Å². The number of morpholine rings is 1. The lowest BCUT2D eigenvalue weighted by Crippen LogP contribution is -2.38. The number of amides is 1. The lowest BCUT2D eigenvalue weighted by molar-refractivity contribution is -0.137. The van der Waals surface area contributed by atoms with Crippen molar-refractivity contribution >= 4 is 62.9 Å². The molecule has 30 heavy (non-hydrogen) atoms. The van der Waals surface area contributed by atoms with Gasteiger partial charge in [0.2, 0.25) is 0 Å². The topological polar surface area (TPSA) is 53.6 Å². The van der Waals surface area contributed by atoms with Crippen LogP contribution in [0.5, 0.6) is 0 Å². The molecule has 0 aliphatic carbocycles. The van der Waals surface area contributed by atoms with E-state index in [9.17, 15) is 18.0 Å². The summed E-state index contributed by atoms with van der Waals surface area (Å²) in [5.41, 5.74) is 0.290. The first-order valence-electron chi connectivity index (χ1n) is 8.66. The van der Waals surface area contributed by atoms with Crippen LogP contribution in [0.1, 0.15) is 15.9 Å². The molecule has 5 nitrogen and oxygen atoms in total. The van der Waals surface area contributed by atoms with Crippen molar-refractivity contribution in [3.63, 3.8) is 0 Å². The standard InChI is InChI=1S/C19H17BrF3N3O2S.ClH/c20-14-4-1-12(2-5-14)17(27)25-18(29)24-15-11-13(19(21,22)23)3-6-16(15)26-7-9-28-10-8-26;/h1-6,11H,7-10H2,(H2,24,25,27,29);1H. The number of ether oxygens (including phenoxy) is 1. The van der Waals surface area contributed by atoms with Crippen molar-refractivity contribution in [2.75, 3.05) is 36.5 Å². The van der Waals surface area contributed by atoms with Crippen molar-refractivity contribution in [2.45, 2.75) is 6.18 Å². The molecule has 2 aromatic carbocycles. The molecule has 0 radical (unpaired) electrons. The number of hydrogen-bond donors (Lipinski definition) is 2. The summed E-state index contributed by atoms with van der Waals surface area (Å²) in [5.74, 6) is -0.463. The van der Waals surface area contributed by atoms with Crippen LogP contribution in [0.15, 0.2) is 46.9 Å². The number of carbonyl (C=O) groups excluding carboxylic acids is 1. The van der Waals surface area contributed by atoms with Gasteiger partial charge >= 0.3 is 6.18 Å². The maximum absolute atomic E-state index is 13.2. The highest BCUT2D eigenvalue weighted by molar-refractivity contribution is 9.10. The Hall–Kier alpha value is -1.88. The second-order valence-corrected chi connectivity index (χ2v) is 7.57. The molecule has 162 valence electrons. The van der Waals surface area contributed by atoms with Gasteiger partial charge in [0.25, 0.3) is 5.91 Å². The zero-order valence-corrected chi connectivity index (χ0v) is 18.7. The van der Waals surface area contributed by atoms with E-state index in [1.165, 1.54) is 6.07 Å². The van der Waals surface area contributed by atoms with Crippen LogP contribution in [0, 0.1) is 0 Å². The predicted molar refractivity (Wildman–Crippen MR) is 120 cm³/mol. The van der Waals surface area contributed by atoms with Gasteiger partial charge in [-0.05, 0) is 54.7 Å². The largest absolute Gasteiger partial charge is 0.416 e. The van der Waals surface area contributed by atoms with Gasteiger partial charge in [0.05, 0.1) is 30.2 Å². The molecule has 0 bridgehead atoms. The number of nitrogens with zero attached hydrogens (tertiary/aromatic N) is 1. The summed E-state index contributed by atoms with van der Waals surface area (Å²) in [6.07, 6.45) is -4.50. The zero-order chi connectivity index (χ0) is 21.0. The first-order valence-corrected chi connectivity index (χ1v) is 9.86. The fraction of sp³-hybridized carbons (Fsp3) is 0.263. The predicted octanol–water partition coefficient (Wildman–Crippen LogP) is 4.85. The maximum atomic E-state index is 13.2. The molecule has 0 unspecified atom stereocenters. The van der Waals surface area contributed by atoms with Gasteiger partial charge in [-0.3, -0.25) is 10.1 Å². The quantitative estimate of drug-likeness (QED) is 0.562. The third-order valence-electron chi connectivity index (χ3n) is 4.26. The van der Waals surface area contributed by atoms with Crippen LogP contribution in [0.2, 0.25) is 0 Å². The minimum Gasteiger partial charge on any atom is -0.378 e. The molecule has 0 saturated carbocycles. The fourth-order valence-electron chi connectivity index (χ4n) is 2.82. The molecular weight excluding hydrogens is 507 g/mol. The van der Waals surface area contributed by atoms with E-state index in [1.54, 1.807) is 24.3 Å². The number of anilines is 2. The Morgan fingerprint density at radius 1 is 1.10 bits per heavy atom. The SMILES string of the molecule is Cl.O=C(NC(=S)Nc1cc(C(F)(F)F)ccc1N1CCOCC1)c1ccc(Br)cc1. The Morgan fingerprint density at radius 2 is 1.73 bits per heavy atom. The highest BCUT2D eigenvalue weighted by Gasteiger charge is 2.31. The lowest BCUT2D eigenvalue weighted by atomic mass is 10.1. The van der Waals surface area contributed by atoms with Gasteiger partial charge in [0.1, 0.15) is 0 Å². The van der Waals surface area contributed by atoms with Crippen molar-refractivity contribution in [1.29, 1.82) is 0 Å². The summed E-state index contributed by atoms with van der Waals surface area (Å²) in [6, 6.07) is 10.0. The van der Waals surface area contributed by atoms with Gasteiger partial charge in [0, 0.05) is 23.1 Å². The summed E-state index contributed by atoms with van der Waals surface area (Å²) in [6.45, 7) is 2.03. The highest BCUT2D eigenvalue weighted by atomic mass is 79.9. The number of rotatable bonds is 3. The van der Waals surface area contributed by atoms with Crippen molar-refractivity contribution in [2.24, 2.45) is 0 Å². The van der Waals surface area contributed by atoms with Crippen LogP contribution in [0.3, 0.4) is 0 Å². The monoisotopic (exact) mass is 523 g/mol. The average Bonchev–Trinajstić information content (AvgIpc) is 2.68. The molecule has 1 aliphatic rings. The van der Waals surface area contributed by atoms with E-state index in [0.717, 1.165) is 16.6 Å². The first kappa shape index (κ1) is 24.4. The van der Waals surface area contributed by atoms with Crippen LogP contribution >= 0.6 is 40.6 Å². The molecule has 0 spiro atoms. The molecule has 0 atom stereocenters. The molecule has 3 rings (SSSR count). The molecular formula is C19H18BrClF3N3O2S. The molecule has 0 aromatic heterocycles. The Balaban J connectivity index is 0.00000320. The van der Waals surface area contributed by atoms with Crippen LogP contribution < -0.4 is 15.5 Å². The molecule has 11 heteroatoms. The van der Waals surface area contributed by atoms with Crippen molar-refractivity contribution in [1.82, 2.24) is 5.32 Å².